The summed E-state index contributed by atoms with van der Waals surface area (Å²) in [6.45, 7) is 0.620. The Morgan fingerprint density at radius 2 is 2.03 bits per heavy atom. The fourth-order valence-electron chi connectivity index (χ4n) is 4.04. The minimum absolute atomic E-state index is 0.189. The average molecular weight is 404 g/mol. The number of rotatable bonds is 5. The second kappa shape index (κ2) is 7.74. The van der Waals surface area contributed by atoms with Gasteiger partial charge in [-0.15, -0.1) is 0 Å². The standard InChI is InChI=1S/C23H21FN4O2/c24-16-9-11-18-19(13-16)26-22(25-18)20-7-4-12-28(20)23(29)21-14-17(27-30-21)10-8-15-5-2-1-3-6-15/h1-3,5-6,9,11,13-14,20H,4,7-8,10,12H2,(H,25,26)/t20-/m1/s1. The first kappa shape index (κ1) is 18.5. The van der Waals surface area contributed by atoms with Gasteiger partial charge in [0.25, 0.3) is 5.91 Å². The number of carbonyl (C=O) groups is 1. The molecule has 5 rings (SSSR count). The van der Waals surface area contributed by atoms with E-state index in [9.17, 15) is 9.18 Å². The van der Waals surface area contributed by atoms with Crippen molar-refractivity contribution in [3.05, 3.63) is 83.3 Å². The molecule has 152 valence electrons. The van der Waals surface area contributed by atoms with E-state index in [4.69, 9.17) is 4.52 Å². The van der Waals surface area contributed by atoms with E-state index in [1.807, 2.05) is 18.2 Å². The SMILES string of the molecule is O=C(c1cc(CCc2ccccc2)no1)N1CCC[C@@H]1c1nc2ccc(F)cc2[nH]1. The lowest BCUT2D eigenvalue weighted by Gasteiger charge is -2.21. The lowest BCUT2D eigenvalue weighted by Crippen LogP contribution is -2.30. The summed E-state index contributed by atoms with van der Waals surface area (Å²) in [4.78, 5) is 22.6. The summed E-state index contributed by atoms with van der Waals surface area (Å²) >= 11 is 0. The predicted molar refractivity (Wildman–Crippen MR) is 109 cm³/mol. The first-order chi connectivity index (χ1) is 14.7. The lowest BCUT2D eigenvalue weighted by molar-refractivity contribution is 0.0688. The van der Waals surface area contributed by atoms with Crippen LogP contribution < -0.4 is 0 Å². The molecule has 1 saturated heterocycles. The topological polar surface area (TPSA) is 75.0 Å². The fourth-order valence-corrected chi connectivity index (χ4v) is 4.04. The van der Waals surface area contributed by atoms with Gasteiger partial charge in [-0.25, -0.2) is 9.37 Å². The van der Waals surface area contributed by atoms with E-state index in [0.717, 1.165) is 25.0 Å². The van der Waals surface area contributed by atoms with Crippen molar-refractivity contribution in [2.45, 2.75) is 31.7 Å². The van der Waals surface area contributed by atoms with Gasteiger partial charge in [0.1, 0.15) is 11.6 Å². The number of hydrogen-bond acceptors (Lipinski definition) is 4. The number of nitrogens with zero attached hydrogens (tertiary/aromatic N) is 3. The zero-order valence-electron chi connectivity index (χ0n) is 16.3. The quantitative estimate of drug-likeness (QED) is 0.533. The van der Waals surface area contributed by atoms with E-state index >= 15 is 0 Å². The maximum absolute atomic E-state index is 13.5. The van der Waals surface area contributed by atoms with Crippen LogP contribution in [0.4, 0.5) is 4.39 Å². The average Bonchev–Trinajstić information content (AvgIpc) is 3.50. The summed E-state index contributed by atoms with van der Waals surface area (Å²) < 4.78 is 18.9. The molecule has 2 aromatic carbocycles. The number of amides is 1. The van der Waals surface area contributed by atoms with Crippen molar-refractivity contribution in [1.82, 2.24) is 20.0 Å². The Morgan fingerprint density at radius 3 is 2.90 bits per heavy atom. The zero-order chi connectivity index (χ0) is 20.5. The van der Waals surface area contributed by atoms with Crippen LogP contribution in [0.25, 0.3) is 11.0 Å². The molecule has 0 unspecified atom stereocenters. The van der Waals surface area contributed by atoms with Crippen molar-refractivity contribution in [2.75, 3.05) is 6.54 Å². The summed E-state index contributed by atoms with van der Waals surface area (Å²) in [5, 5.41) is 4.08. The van der Waals surface area contributed by atoms with Crippen LogP contribution >= 0.6 is 0 Å². The van der Waals surface area contributed by atoms with Crippen LogP contribution in [-0.4, -0.2) is 32.5 Å². The van der Waals surface area contributed by atoms with Crippen LogP contribution in [0.1, 0.15) is 46.5 Å². The summed E-state index contributed by atoms with van der Waals surface area (Å²) in [5.74, 6) is 0.404. The number of carbonyl (C=O) groups excluding carboxylic acids is 1. The third kappa shape index (κ3) is 3.58. The maximum atomic E-state index is 13.5. The Labute approximate surface area is 172 Å². The first-order valence-electron chi connectivity index (χ1n) is 10.1. The monoisotopic (exact) mass is 404 g/mol. The second-order valence-electron chi connectivity index (χ2n) is 7.61. The molecule has 2 aromatic heterocycles. The van der Waals surface area contributed by atoms with Gasteiger partial charge in [0.15, 0.2) is 0 Å². The molecular formula is C23H21FN4O2. The molecule has 3 heterocycles. The number of halogens is 1. The van der Waals surface area contributed by atoms with Crippen LogP contribution in [0.15, 0.2) is 59.1 Å². The van der Waals surface area contributed by atoms with Crippen LogP contribution in [0, 0.1) is 5.82 Å². The molecule has 4 aromatic rings. The first-order valence-corrected chi connectivity index (χ1v) is 10.1. The van der Waals surface area contributed by atoms with Gasteiger partial charge >= 0.3 is 0 Å². The Bertz CT molecular complexity index is 1180. The van der Waals surface area contributed by atoms with Crippen molar-refractivity contribution in [2.24, 2.45) is 0 Å². The van der Waals surface area contributed by atoms with Gasteiger partial charge in [0.05, 0.1) is 22.8 Å². The fraction of sp³-hybridized carbons (Fsp3) is 0.261. The summed E-state index contributed by atoms with van der Waals surface area (Å²) in [7, 11) is 0. The van der Waals surface area contributed by atoms with Gasteiger partial charge in [-0.3, -0.25) is 4.79 Å². The number of aromatic amines is 1. The number of H-pyrrole nitrogens is 1. The number of likely N-dealkylation sites (tertiary alicyclic amines) is 1. The third-order valence-electron chi connectivity index (χ3n) is 5.57. The maximum Gasteiger partial charge on any atom is 0.293 e. The predicted octanol–water partition coefficient (Wildman–Crippen LogP) is 4.45. The molecule has 0 radical (unpaired) electrons. The Balaban J connectivity index is 1.31. The normalized spacial score (nSPS) is 16.4. The minimum Gasteiger partial charge on any atom is -0.351 e. The highest BCUT2D eigenvalue weighted by atomic mass is 19.1. The summed E-state index contributed by atoms with van der Waals surface area (Å²) in [6, 6.07) is 16.1. The molecule has 1 atom stereocenters. The number of benzene rings is 2. The zero-order valence-corrected chi connectivity index (χ0v) is 16.3. The number of nitrogens with one attached hydrogen (secondary N) is 1. The number of fused-ring (bicyclic) bond motifs is 1. The smallest absolute Gasteiger partial charge is 0.293 e. The van der Waals surface area contributed by atoms with Gasteiger partial charge in [0.2, 0.25) is 5.76 Å². The van der Waals surface area contributed by atoms with Crippen molar-refractivity contribution < 1.29 is 13.7 Å². The molecule has 1 amide bonds. The molecule has 0 saturated carbocycles. The molecule has 1 aliphatic heterocycles. The summed E-state index contributed by atoms with van der Waals surface area (Å²) in [5.41, 5.74) is 3.30. The number of hydrogen-bond donors (Lipinski definition) is 1. The minimum atomic E-state index is -0.318. The molecular weight excluding hydrogens is 383 g/mol. The van der Waals surface area contributed by atoms with Crippen LogP contribution in [0.3, 0.4) is 0 Å². The molecule has 1 N–H and O–H groups in total. The second-order valence-corrected chi connectivity index (χ2v) is 7.61. The Kier molecular flexibility index (Phi) is 4.78. The number of imidazole rings is 1. The highest BCUT2D eigenvalue weighted by Crippen LogP contribution is 2.33. The van der Waals surface area contributed by atoms with Crippen molar-refractivity contribution in [3.8, 4) is 0 Å². The number of aromatic nitrogens is 3. The lowest BCUT2D eigenvalue weighted by atomic mass is 10.1. The van der Waals surface area contributed by atoms with Crippen LogP contribution in [0.2, 0.25) is 0 Å². The van der Waals surface area contributed by atoms with E-state index in [1.165, 1.54) is 17.7 Å². The van der Waals surface area contributed by atoms with Crippen LogP contribution in [0.5, 0.6) is 0 Å². The third-order valence-corrected chi connectivity index (χ3v) is 5.57. The molecule has 0 bridgehead atoms. The van der Waals surface area contributed by atoms with Crippen molar-refractivity contribution in [3.63, 3.8) is 0 Å². The van der Waals surface area contributed by atoms with Gasteiger partial charge < -0.3 is 14.4 Å². The molecule has 0 aliphatic carbocycles. The van der Waals surface area contributed by atoms with E-state index < -0.39 is 0 Å². The molecule has 7 heteroatoms. The molecule has 1 fully saturated rings. The van der Waals surface area contributed by atoms with Gasteiger partial charge in [-0.05, 0) is 49.4 Å². The van der Waals surface area contributed by atoms with E-state index in [2.05, 4.69) is 27.3 Å². The van der Waals surface area contributed by atoms with E-state index in [0.29, 0.717) is 29.8 Å². The highest BCUT2D eigenvalue weighted by Gasteiger charge is 2.34. The van der Waals surface area contributed by atoms with E-state index in [-0.39, 0.29) is 23.5 Å². The molecule has 30 heavy (non-hydrogen) atoms. The van der Waals surface area contributed by atoms with Crippen molar-refractivity contribution >= 4 is 16.9 Å². The Hall–Kier alpha value is -3.48. The van der Waals surface area contributed by atoms with Crippen molar-refractivity contribution in [1.29, 1.82) is 0 Å². The number of aryl methyl sites for hydroxylation is 2. The highest BCUT2D eigenvalue weighted by molar-refractivity contribution is 5.92. The van der Waals surface area contributed by atoms with Gasteiger partial charge in [-0.1, -0.05) is 35.5 Å². The van der Waals surface area contributed by atoms with Crippen LogP contribution in [-0.2, 0) is 12.8 Å². The molecule has 1 aliphatic rings. The largest absolute Gasteiger partial charge is 0.351 e. The van der Waals surface area contributed by atoms with E-state index in [1.54, 1.807) is 17.0 Å². The Morgan fingerprint density at radius 1 is 1.17 bits per heavy atom. The molecule has 0 spiro atoms. The summed E-state index contributed by atoms with van der Waals surface area (Å²) in [6.07, 6.45) is 3.21. The van der Waals surface area contributed by atoms with Gasteiger partial charge in [0, 0.05) is 12.6 Å². The van der Waals surface area contributed by atoms with Gasteiger partial charge in [-0.2, -0.15) is 0 Å². The molecule has 6 nitrogen and oxygen atoms in total.